The van der Waals surface area contributed by atoms with Crippen molar-refractivity contribution in [3.8, 4) is 5.75 Å². The van der Waals surface area contributed by atoms with Gasteiger partial charge in [0.05, 0.1) is 17.8 Å². The summed E-state index contributed by atoms with van der Waals surface area (Å²) in [5, 5.41) is 3.18. The van der Waals surface area contributed by atoms with Crippen LogP contribution in [-0.2, 0) is 9.84 Å². The van der Waals surface area contributed by atoms with Gasteiger partial charge in [-0.1, -0.05) is 6.07 Å². The largest absolute Gasteiger partial charge is 0.497 e. The SMILES string of the molecule is COc1cccc(S(=O)(=O)CC2CCNC2)c1.Cl. The molecule has 102 valence electrons. The van der Waals surface area contributed by atoms with Gasteiger partial charge >= 0.3 is 0 Å². The van der Waals surface area contributed by atoms with Crippen LogP contribution in [-0.4, -0.2) is 34.4 Å². The standard InChI is InChI=1S/C12H17NO3S.ClH/c1-16-11-3-2-4-12(7-11)17(14,15)9-10-5-6-13-8-10;/h2-4,7,10,13H,5-6,8-9H2,1H3;1H. The minimum absolute atomic E-state index is 0. The van der Waals surface area contributed by atoms with Crippen LogP contribution in [0.4, 0.5) is 0 Å². The molecule has 0 aromatic heterocycles. The molecule has 18 heavy (non-hydrogen) atoms. The third kappa shape index (κ3) is 3.60. The number of hydrogen-bond donors (Lipinski definition) is 1. The lowest BCUT2D eigenvalue weighted by Crippen LogP contribution is -2.18. The Kier molecular flexibility index (Phi) is 5.44. The first-order valence-electron chi connectivity index (χ1n) is 5.69. The molecule has 1 unspecified atom stereocenters. The van der Waals surface area contributed by atoms with Crippen molar-refractivity contribution in [2.24, 2.45) is 5.92 Å². The Hall–Kier alpha value is -0.780. The molecule has 4 nitrogen and oxygen atoms in total. The van der Waals surface area contributed by atoms with Crippen LogP contribution < -0.4 is 10.1 Å². The summed E-state index contributed by atoms with van der Waals surface area (Å²) in [7, 11) is -1.66. The van der Waals surface area contributed by atoms with Crippen molar-refractivity contribution in [3.05, 3.63) is 24.3 Å². The van der Waals surface area contributed by atoms with Crippen LogP contribution >= 0.6 is 12.4 Å². The van der Waals surface area contributed by atoms with E-state index in [1.165, 1.54) is 7.11 Å². The quantitative estimate of drug-likeness (QED) is 0.913. The van der Waals surface area contributed by atoms with Crippen LogP contribution in [0.25, 0.3) is 0 Å². The van der Waals surface area contributed by atoms with E-state index in [2.05, 4.69) is 5.32 Å². The summed E-state index contributed by atoms with van der Waals surface area (Å²) < 4.78 is 29.4. The molecule has 1 saturated heterocycles. The number of rotatable bonds is 4. The van der Waals surface area contributed by atoms with E-state index in [0.29, 0.717) is 10.6 Å². The molecule has 0 amide bonds. The van der Waals surface area contributed by atoms with Crippen molar-refractivity contribution in [2.75, 3.05) is 26.0 Å². The third-order valence-electron chi connectivity index (χ3n) is 3.02. The maximum absolute atomic E-state index is 12.2. The average Bonchev–Trinajstić information content (AvgIpc) is 2.81. The van der Waals surface area contributed by atoms with E-state index in [4.69, 9.17) is 4.74 Å². The maximum Gasteiger partial charge on any atom is 0.178 e. The van der Waals surface area contributed by atoms with Crippen LogP contribution in [0.5, 0.6) is 5.75 Å². The number of halogens is 1. The highest BCUT2D eigenvalue weighted by molar-refractivity contribution is 7.91. The first-order chi connectivity index (χ1) is 8.12. The van der Waals surface area contributed by atoms with Crippen molar-refractivity contribution in [1.29, 1.82) is 0 Å². The predicted molar refractivity (Wildman–Crippen MR) is 73.3 cm³/mol. The highest BCUT2D eigenvalue weighted by Crippen LogP contribution is 2.21. The molecule has 1 atom stereocenters. The summed E-state index contributed by atoms with van der Waals surface area (Å²) >= 11 is 0. The Labute approximate surface area is 114 Å². The zero-order valence-electron chi connectivity index (χ0n) is 10.3. The number of ether oxygens (including phenoxy) is 1. The summed E-state index contributed by atoms with van der Waals surface area (Å²) in [4.78, 5) is 0.351. The van der Waals surface area contributed by atoms with Gasteiger partial charge in [0.25, 0.3) is 0 Å². The molecule has 1 heterocycles. The molecule has 0 spiro atoms. The lowest BCUT2D eigenvalue weighted by Gasteiger charge is -2.10. The third-order valence-corrected chi connectivity index (χ3v) is 4.90. The van der Waals surface area contributed by atoms with Gasteiger partial charge in [-0.15, -0.1) is 12.4 Å². The maximum atomic E-state index is 12.2. The summed E-state index contributed by atoms with van der Waals surface area (Å²) in [6.07, 6.45) is 0.934. The lowest BCUT2D eigenvalue weighted by molar-refractivity contribution is 0.413. The summed E-state index contributed by atoms with van der Waals surface area (Å²) in [6, 6.07) is 6.66. The number of hydrogen-bond acceptors (Lipinski definition) is 4. The van der Waals surface area contributed by atoms with Crippen LogP contribution in [0.15, 0.2) is 29.2 Å². The Bertz CT molecular complexity index is 484. The molecule has 6 heteroatoms. The smallest absolute Gasteiger partial charge is 0.178 e. The van der Waals surface area contributed by atoms with Crippen molar-refractivity contribution in [3.63, 3.8) is 0 Å². The number of nitrogens with one attached hydrogen (secondary N) is 1. The predicted octanol–water partition coefficient (Wildman–Crippen LogP) is 1.50. The second kappa shape index (κ2) is 6.41. The Morgan fingerprint density at radius 2 is 2.22 bits per heavy atom. The van der Waals surface area contributed by atoms with Crippen LogP contribution in [0, 0.1) is 5.92 Å². The average molecular weight is 292 g/mol. The van der Waals surface area contributed by atoms with Gasteiger partial charge in [0, 0.05) is 0 Å². The first kappa shape index (κ1) is 15.3. The zero-order chi connectivity index (χ0) is 12.3. The molecule has 1 aliphatic heterocycles. The van der Waals surface area contributed by atoms with E-state index < -0.39 is 9.84 Å². The molecule has 1 N–H and O–H groups in total. The first-order valence-corrected chi connectivity index (χ1v) is 7.34. The van der Waals surface area contributed by atoms with E-state index >= 15 is 0 Å². The van der Waals surface area contributed by atoms with E-state index in [9.17, 15) is 8.42 Å². The molecule has 2 rings (SSSR count). The van der Waals surface area contributed by atoms with Crippen molar-refractivity contribution >= 4 is 22.2 Å². The summed E-state index contributed by atoms with van der Waals surface area (Å²) in [6.45, 7) is 1.71. The van der Waals surface area contributed by atoms with Gasteiger partial charge < -0.3 is 10.1 Å². The Morgan fingerprint density at radius 1 is 1.44 bits per heavy atom. The van der Waals surface area contributed by atoms with Crippen LogP contribution in [0.2, 0.25) is 0 Å². The molecule has 1 aromatic rings. The number of benzene rings is 1. The van der Waals surface area contributed by atoms with Crippen molar-refractivity contribution < 1.29 is 13.2 Å². The molecular weight excluding hydrogens is 274 g/mol. The minimum Gasteiger partial charge on any atom is -0.497 e. The molecular formula is C12H18ClNO3S. The number of methoxy groups -OCH3 is 1. The lowest BCUT2D eigenvalue weighted by atomic mass is 10.2. The molecule has 0 saturated carbocycles. The molecule has 1 aliphatic rings. The molecule has 0 radical (unpaired) electrons. The second-order valence-corrected chi connectivity index (χ2v) is 6.35. The Morgan fingerprint density at radius 3 is 2.83 bits per heavy atom. The fourth-order valence-electron chi connectivity index (χ4n) is 2.06. The fraction of sp³-hybridized carbons (Fsp3) is 0.500. The van der Waals surface area contributed by atoms with Crippen molar-refractivity contribution in [1.82, 2.24) is 5.32 Å². The summed E-state index contributed by atoms with van der Waals surface area (Å²) in [5.74, 6) is 1.02. The Balaban J connectivity index is 0.00000162. The van der Waals surface area contributed by atoms with Crippen LogP contribution in [0.1, 0.15) is 6.42 Å². The van der Waals surface area contributed by atoms with E-state index in [1.54, 1.807) is 24.3 Å². The van der Waals surface area contributed by atoms with E-state index in [0.717, 1.165) is 19.5 Å². The van der Waals surface area contributed by atoms with Crippen molar-refractivity contribution in [2.45, 2.75) is 11.3 Å². The van der Waals surface area contributed by atoms with E-state index in [1.807, 2.05) is 0 Å². The topological polar surface area (TPSA) is 55.4 Å². The fourth-order valence-corrected chi connectivity index (χ4v) is 3.74. The van der Waals surface area contributed by atoms with Crippen LogP contribution in [0.3, 0.4) is 0 Å². The minimum atomic E-state index is -3.20. The van der Waals surface area contributed by atoms with Gasteiger partial charge in [0.15, 0.2) is 9.84 Å². The van der Waals surface area contributed by atoms with Gasteiger partial charge in [0.2, 0.25) is 0 Å². The van der Waals surface area contributed by atoms with Gasteiger partial charge in [-0.2, -0.15) is 0 Å². The normalized spacial score (nSPS) is 19.3. The molecule has 0 aliphatic carbocycles. The van der Waals surface area contributed by atoms with Gasteiger partial charge in [-0.05, 0) is 43.6 Å². The molecule has 1 aromatic carbocycles. The highest BCUT2D eigenvalue weighted by Gasteiger charge is 2.24. The van der Waals surface area contributed by atoms with Gasteiger partial charge in [-0.25, -0.2) is 8.42 Å². The second-order valence-electron chi connectivity index (χ2n) is 4.32. The van der Waals surface area contributed by atoms with Gasteiger partial charge in [0.1, 0.15) is 5.75 Å². The summed E-state index contributed by atoms with van der Waals surface area (Å²) in [5.41, 5.74) is 0. The van der Waals surface area contributed by atoms with E-state index in [-0.39, 0.29) is 24.1 Å². The van der Waals surface area contributed by atoms with Gasteiger partial charge in [-0.3, -0.25) is 0 Å². The zero-order valence-corrected chi connectivity index (χ0v) is 11.9. The highest BCUT2D eigenvalue weighted by atomic mass is 35.5. The molecule has 0 bridgehead atoms. The number of sulfone groups is 1. The monoisotopic (exact) mass is 291 g/mol. The molecule has 1 fully saturated rings.